The van der Waals surface area contributed by atoms with E-state index in [9.17, 15) is 14.4 Å². The zero-order chi connectivity index (χ0) is 11.8. The maximum atomic E-state index is 11.0. The summed E-state index contributed by atoms with van der Waals surface area (Å²) in [6, 6.07) is 0. The molecule has 0 aromatic rings. The minimum atomic E-state index is -1.26. The van der Waals surface area contributed by atoms with Crippen molar-refractivity contribution in [3.05, 3.63) is 0 Å². The SMILES string of the molecule is CCOC(=O)CN(C)C(=O)OCC(=O)O. The van der Waals surface area contributed by atoms with E-state index in [1.54, 1.807) is 6.92 Å². The van der Waals surface area contributed by atoms with Crippen molar-refractivity contribution in [2.45, 2.75) is 6.92 Å². The van der Waals surface area contributed by atoms with Crippen LogP contribution < -0.4 is 0 Å². The fourth-order valence-electron chi connectivity index (χ4n) is 0.698. The second-order valence-electron chi connectivity index (χ2n) is 2.61. The number of nitrogens with zero attached hydrogens (tertiary/aromatic N) is 1. The number of likely N-dealkylation sites (N-methyl/N-ethyl adjacent to an activating group) is 1. The van der Waals surface area contributed by atoms with E-state index in [1.165, 1.54) is 7.05 Å². The molecule has 0 rings (SSSR count). The highest BCUT2D eigenvalue weighted by atomic mass is 16.6. The summed E-state index contributed by atoms with van der Waals surface area (Å²) in [4.78, 5) is 32.9. The average molecular weight is 219 g/mol. The Hall–Kier alpha value is -1.79. The number of carboxylic acids is 1. The summed E-state index contributed by atoms with van der Waals surface area (Å²) in [5, 5.41) is 8.22. The van der Waals surface area contributed by atoms with Crippen molar-refractivity contribution in [3.8, 4) is 0 Å². The number of carbonyl (C=O) groups excluding carboxylic acids is 2. The van der Waals surface area contributed by atoms with Gasteiger partial charge in [0.15, 0.2) is 6.61 Å². The van der Waals surface area contributed by atoms with Gasteiger partial charge in [-0.25, -0.2) is 9.59 Å². The van der Waals surface area contributed by atoms with E-state index in [4.69, 9.17) is 5.11 Å². The van der Waals surface area contributed by atoms with E-state index >= 15 is 0 Å². The molecule has 0 aromatic heterocycles. The first kappa shape index (κ1) is 13.2. The van der Waals surface area contributed by atoms with Gasteiger partial charge >= 0.3 is 18.0 Å². The number of esters is 1. The molecule has 0 aromatic carbocycles. The molecule has 7 nitrogen and oxygen atoms in total. The highest BCUT2D eigenvalue weighted by Crippen LogP contribution is 1.91. The molecular formula is C8H13NO6. The first-order valence-corrected chi connectivity index (χ1v) is 4.22. The van der Waals surface area contributed by atoms with E-state index in [-0.39, 0.29) is 13.2 Å². The van der Waals surface area contributed by atoms with Crippen molar-refractivity contribution >= 4 is 18.0 Å². The van der Waals surface area contributed by atoms with Gasteiger partial charge in [0.25, 0.3) is 0 Å². The Morgan fingerprint density at radius 1 is 1.27 bits per heavy atom. The number of hydrogen-bond donors (Lipinski definition) is 1. The quantitative estimate of drug-likeness (QED) is 0.638. The van der Waals surface area contributed by atoms with Gasteiger partial charge < -0.3 is 19.5 Å². The molecule has 0 unspecified atom stereocenters. The highest BCUT2D eigenvalue weighted by Gasteiger charge is 2.15. The van der Waals surface area contributed by atoms with Crippen LogP contribution in [0.5, 0.6) is 0 Å². The molecule has 0 atom stereocenters. The molecule has 0 saturated carbocycles. The van der Waals surface area contributed by atoms with Crippen molar-refractivity contribution in [3.63, 3.8) is 0 Å². The molecule has 0 radical (unpaired) electrons. The van der Waals surface area contributed by atoms with Crippen LogP contribution in [-0.4, -0.2) is 54.8 Å². The number of amides is 1. The van der Waals surface area contributed by atoms with Crippen LogP contribution >= 0.6 is 0 Å². The van der Waals surface area contributed by atoms with Gasteiger partial charge in [-0.15, -0.1) is 0 Å². The van der Waals surface area contributed by atoms with Crippen LogP contribution in [0.4, 0.5) is 4.79 Å². The van der Waals surface area contributed by atoms with Crippen LogP contribution in [0.3, 0.4) is 0 Å². The predicted molar refractivity (Wildman–Crippen MR) is 48.2 cm³/mol. The van der Waals surface area contributed by atoms with Crippen LogP contribution in [0.15, 0.2) is 0 Å². The Morgan fingerprint density at radius 2 is 1.87 bits per heavy atom. The number of ether oxygens (including phenoxy) is 2. The maximum absolute atomic E-state index is 11.0. The first-order valence-electron chi connectivity index (χ1n) is 4.22. The Labute approximate surface area is 86.6 Å². The van der Waals surface area contributed by atoms with Gasteiger partial charge in [-0.05, 0) is 6.92 Å². The second kappa shape index (κ2) is 6.63. The Morgan fingerprint density at radius 3 is 2.33 bits per heavy atom. The molecule has 86 valence electrons. The zero-order valence-corrected chi connectivity index (χ0v) is 8.56. The highest BCUT2D eigenvalue weighted by molar-refractivity contribution is 5.79. The smallest absolute Gasteiger partial charge is 0.410 e. The fourth-order valence-corrected chi connectivity index (χ4v) is 0.698. The van der Waals surface area contributed by atoms with E-state index in [0.29, 0.717) is 0 Å². The molecule has 0 aliphatic rings. The summed E-state index contributed by atoms with van der Waals surface area (Å²) >= 11 is 0. The summed E-state index contributed by atoms with van der Waals surface area (Å²) in [6.45, 7) is 0.857. The lowest BCUT2D eigenvalue weighted by Crippen LogP contribution is -2.34. The lowest BCUT2D eigenvalue weighted by molar-refractivity contribution is -0.143. The molecule has 0 fully saturated rings. The molecule has 0 bridgehead atoms. The zero-order valence-electron chi connectivity index (χ0n) is 8.56. The molecule has 0 aliphatic heterocycles. The van der Waals surface area contributed by atoms with Gasteiger partial charge in [-0.3, -0.25) is 4.79 Å². The standard InChI is InChI=1S/C8H13NO6/c1-3-14-7(12)4-9(2)8(13)15-5-6(10)11/h3-5H2,1-2H3,(H,10,11). The normalized spacial score (nSPS) is 9.20. The van der Waals surface area contributed by atoms with Crippen LogP contribution in [0.2, 0.25) is 0 Å². The van der Waals surface area contributed by atoms with Crippen molar-refractivity contribution in [1.29, 1.82) is 0 Å². The topological polar surface area (TPSA) is 93.1 Å². The van der Waals surface area contributed by atoms with E-state index in [1.807, 2.05) is 0 Å². The second-order valence-corrected chi connectivity index (χ2v) is 2.61. The van der Waals surface area contributed by atoms with Gasteiger partial charge in [-0.1, -0.05) is 0 Å². The number of aliphatic carboxylic acids is 1. The predicted octanol–water partition coefficient (Wildman–Crippen LogP) is -0.297. The molecule has 0 spiro atoms. The third kappa shape index (κ3) is 6.30. The summed E-state index contributed by atoms with van der Waals surface area (Å²) < 4.78 is 8.91. The molecule has 1 N–H and O–H groups in total. The molecule has 0 aliphatic carbocycles. The molecule has 0 saturated heterocycles. The van der Waals surface area contributed by atoms with Crippen LogP contribution in [0.1, 0.15) is 6.92 Å². The number of carboxylic acid groups (broad SMARTS) is 1. The third-order valence-electron chi connectivity index (χ3n) is 1.30. The Balaban J connectivity index is 3.88. The monoisotopic (exact) mass is 219 g/mol. The molecule has 0 heterocycles. The number of hydrogen-bond acceptors (Lipinski definition) is 5. The minimum absolute atomic E-state index is 0.219. The van der Waals surface area contributed by atoms with Crippen LogP contribution in [-0.2, 0) is 19.1 Å². The van der Waals surface area contributed by atoms with Gasteiger partial charge in [-0.2, -0.15) is 0 Å². The van der Waals surface area contributed by atoms with Gasteiger partial charge in [0, 0.05) is 7.05 Å². The average Bonchev–Trinajstić information content (AvgIpc) is 2.14. The first-order chi connectivity index (χ1) is 6.97. The van der Waals surface area contributed by atoms with Crippen molar-refractivity contribution in [1.82, 2.24) is 4.90 Å². The van der Waals surface area contributed by atoms with Crippen LogP contribution in [0, 0.1) is 0 Å². The molecular weight excluding hydrogens is 206 g/mol. The summed E-state index contributed by atoms with van der Waals surface area (Å²) in [7, 11) is 1.31. The van der Waals surface area contributed by atoms with E-state index in [0.717, 1.165) is 4.90 Å². The lowest BCUT2D eigenvalue weighted by Gasteiger charge is -2.14. The summed E-state index contributed by atoms with van der Waals surface area (Å²) in [5.74, 6) is -1.83. The van der Waals surface area contributed by atoms with Crippen molar-refractivity contribution in [2.24, 2.45) is 0 Å². The van der Waals surface area contributed by atoms with E-state index in [2.05, 4.69) is 9.47 Å². The van der Waals surface area contributed by atoms with Crippen molar-refractivity contribution in [2.75, 3.05) is 26.8 Å². The minimum Gasteiger partial charge on any atom is -0.479 e. The Bertz CT molecular complexity index is 252. The largest absolute Gasteiger partial charge is 0.479 e. The molecule has 7 heteroatoms. The Kier molecular flexibility index (Phi) is 5.84. The van der Waals surface area contributed by atoms with Gasteiger partial charge in [0.05, 0.1) is 6.61 Å². The third-order valence-corrected chi connectivity index (χ3v) is 1.30. The lowest BCUT2D eigenvalue weighted by atomic mass is 10.6. The molecule has 1 amide bonds. The number of carbonyl (C=O) groups is 3. The fraction of sp³-hybridized carbons (Fsp3) is 0.625. The summed E-state index contributed by atoms with van der Waals surface area (Å²) in [6.07, 6.45) is -0.884. The van der Waals surface area contributed by atoms with Gasteiger partial charge in [0.2, 0.25) is 0 Å². The van der Waals surface area contributed by atoms with E-state index < -0.39 is 24.6 Å². The maximum Gasteiger partial charge on any atom is 0.410 e. The van der Waals surface area contributed by atoms with Crippen molar-refractivity contribution < 1.29 is 29.0 Å². The number of rotatable bonds is 5. The summed E-state index contributed by atoms with van der Waals surface area (Å²) in [5.41, 5.74) is 0. The van der Waals surface area contributed by atoms with Gasteiger partial charge in [0.1, 0.15) is 6.54 Å². The molecule has 15 heavy (non-hydrogen) atoms. The van der Waals surface area contributed by atoms with Crippen LogP contribution in [0.25, 0.3) is 0 Å².